The van der Waals surface area contributed by atoms with Gasteiger partial charge < -0.3 is 9.64 Å². The van der Waals surface area contributed by atoms with Gasteiger partial charge >= 0.3 is 0 Å². The van der Waals surface area contributed by atoms with Crippen molar-refractivity contribution in [2.24, 2.45) is 0 Å². The number of aryl methyl sites for hydroxylation is 1. The predicted molar refractivity (Wildman–Crippen MR) is 113 cm³/mol. The molecule has 0 radical (unpaired) electrons. The molecule has 1 aromatic carbocycles. The van der Waals surface area contributed by atoms with Crippen LogP contribution in [0.5, 0.6) is 0 Å². The Morgan fingerprint density at radius 3 is 2.65 bits per heavy atom. The standard InChI is InChI=1S/C23H27FN4O3/c1-15-18-7-8-20(29)28(13-17-5-3-4-6-19(17)24)23(18)26-22(25-15)16-9-11-27(12-10-16)21(30)14-31-2/h3-6,16H,7-14H2,1-2H3. The van der Waals surface area contributed by atoms with Crippen LogP contribution < -0.4 is 4.90 Å². The van der Waals surface area contributed by atoms with Crippen molar-refractivity contribution in [2.75, 3.05) is 31.7 Å². The summed E-state index contributed by atoms with van der Waals surface area (Å²) in [6, 6.07) is 6.50. The number of hydrogen-bond acceptors (Lipinski definition) is 5. The van der Waals surface area contributed by atoms with Crippen LogP contribution in [0.25, 0.3) is 0 Å². The molecule has 4 rings (SSSR count). The number of piperidine rings is 1. The van der Waals surface area contributed by atoms with Crippen molar-refractivity contribution in [3.05, 3.63) is 52.7 Å². The molecule has 0 unspecified atom stereocenters. The second-order valence-corrected chi connectivity index (χ2v) is 8.13. The number of methoxy groups -OCH3 is 1. The van der Waals surface area contributed by atoms with Gasteiger partial charge in [0.1, 0.15) is 24.1 Å². The van der Waals surface area contributed by atoms with Crippen LogP contribution in [0.15, 0.2) is 24.3 Å². The minimum Gasteiger partial charge on any atom is -0.375 e. The summed E-state index contributed by atoms with van der Waals surface area (Å²) in [5, 5.41) is 0. The van der Waals surface area contributed by atoms with Crippen molar-refractivity contribution >= 4 is 17.6 Å². The van der Waals surface area contributed by atoms with Gasteiger partial charge in [-0.3, -0.25) is 14.5 Å². The first-order chi connectivity index (χ1) is 15.0. The maximum atomic E-state index is 14.2. The van der Waals surface area contributed by atoms with E-state index in [4.69, 9.17) is 14.7 Å². The SMILES string of the molecule is COCC(=O)N1CCC(c2nc(C)c3c(n2)N(Cc2ccccc2F)C(=O)CC3)CC1. The summed E-state index contributed by atoms with van der Waals surface area (Å²) < 4.78 is 19.2. The van der Waals surface area contributed by atoms with Crippen molar-refractivity contribution in [1.29, 1.82) is 0 Å². The van der Waals surface area contributed by atoms with E-state index in [0.717, 1.165) is 24.1 Å². The molecule has 0 bridgehead atoms. The molecule has 31 heavy (non-hydrogen) atoms. The van der Waals surface area contributed by atoms with Gasteiger partial charge in [-0.1, -0.05) is 18.2 Å². The van der Waals surface area contributed by atoms with E-state index >= 15 is 0 Å². The van der Waals surface area contributed by atoms with E-state index < -0.39 is 0 Å². The number of benzene rings is 1. The smallest absolute Gasteiger partial charge is 0.248 e. The highest BCUT2D eigenvalue weighted by molar-refractivity contribution is 5.95. The largest absolute Gasteiger partial charge is 0.375 e. The lowest BCUT2D eigenvalue weighted by atomic mass is 9.94. The van der Waals surface area contributed by atoms with Crippen LogP contribution in [0.2, 0.25) is 0 Å². The highest BCUT2D eigenvalue weighted by Gasteiger charge is 2.31. The molecule has 0 N–H and O–H groups in total. The Kier molecular flexibility index (Phi) is 6.27. The van der Waals surface area contributed by atoms with Crippen LogP contribution >= 0.6 is 0 Å². The van der Waals surface area contributed by atoms with Gasteiger partial charge in [0.25, 0.3) is 0 Å². The van der Waals surface area contributed by atoms with Gasteiger partial charge in [0.15, 0.2) is 0 Å². The second-order valence-electron chi connectivity index (χ2n) is 8.13. The Labute approximate surface area is 181 Å². The quantitative estimate of drug-likeness (QED) is 0.735. The average molecular weight is 426 g/mol. The van der Waals surface area contributed by atoms with Crippen molar-refractivity contribution in [2.45, 2.75) is 45.1 Å². The van der Waals surface area contributed by atoms with Crippen molar-refractivity contribution in [1.82, 2.24) is 14.9 Å². The van der Waals surface area contributed by atoms with E-state index in [1.165, 1.54) is 13.2 Å². The van der Waals surface area contributed by atoms with E-state index in [2.05, 4.69) is 0 Å². The zero-order chi connectivity index (χ0) is 22.0. The molecule has 2 amide bonds. The molecule has 164 valence electrons. The van der Waals surface area contributed by atoms with Gasteiger partial charge in [-0.2, -0.15) is 0 Å². The number of carbonyl (C=O) groups excluding carboxylic acids is 2. The van der Waals surface area contributed by atoms with Crippen LogP contribution in [0, 0.1) is 12.7 Å². The minimum absolute atomic E-state index is 0.00912. The third kappa shape index (κ3) is 4.44. The Balaban J connectivity index is 1.58. The van der Waals surface area contributed by atoms with E-state index in [1.54, 1.807) is 28.0 Å². The molecular weight excluding hydrogens is 399 g/mol. The fourth-order valence-corrected chi connectivity index (χ4v) is 4.35. The number of fused-ring (bicyclic) bond motifs is 1. The van der Waals surface area contributed by atoms with E-state index in [-0.39, 0.29) is 36.7 Å². The van der Waals surface area contributed by atoms with Crippen molar-refractivity contribution < 1.29 is 18.7 Å². The summed E-state index contributed by atoms with van der Waals surface area (Å²) in [6.45, 7) is 3.44. The van der Waals surface area contributed by atoms with E-state index in [9.17, 15) is 14.0 Å². The molecule has 0 spiro atoms. The van der Waals surface area contributed by atoms with Crippen LogP contribution in [0.4, 0.5) is 10.2 Å². The van der Waals surface area contributed by atoms with Crippen LogP contribution in [-0.4, -0.2) is 53.5 Å². The van der Waals surface area contributed by atoms with E-state index in [1.807, 2.05) is 6.92 Å². The van der Waals surface area contributed by atoms with E-state index in [0.29, 0.717) is 43.1 Å². The molecule has 2 aliphatic rings. The number of amides is 2. The van der Waals surface area contributed by atoms with Gasteiger partial charge in [-0.25, -0.2) is 14.4 Å². The van der Waals surface area contributed by atoms with Gasteiger partial charge in [-0.05, 0) is 32.3 Å². The molecule has 0 saturated carbocycles. The number of ether oxygens (including phenoxy) is 1. The fraction of sp³-hybridized carbons (Fsp3) is 0.478. The third-order valence-corrected chi connectivity index (χ3v) is 6.12. The van der Waals surface area contributed by atoms with Crippen LogP contribution in [0.1, 0.15) is 47.8 Å². The lowest BCUT2D eigenvalue weighted by Crippen LogP contribution is -2.40. The molecule has 7 nitrogen and oxygen atoms in total. The maximum Gasteiger partial charge on any atom is 0.248 e. The van der Waals surface area contributed by atoms with Gasteiger partial charge in [0, 0.05) is 49.4 Å². The second kappa shape index (κ2) is 9.09. The summed E-state index contributed by atoms with van der Waals surface area (Å²) in [6.07, 6.45) is 2.48. The molecule has 8 heteroatoms. The molecule has 2 aromatic rings. The fourth-order valence-electron chi connectivity index (χ4n) is 4.35. The lowest BCUT2D eigenvalue weighted by molar-refractivity contribution is -0.136. The topological polar surface area (TPSA) is 75.6 Å². The molecule has 2 aliphatic heterocycles. The molecule has 1 fully saturated rings. The number of nitrogens with zero attached hydrogens (tertiary/aromatic N) is 4. The third-order valence-electron chi connectivity index (χ3n) is 6.12. The number of aromatic nitrogens is 2. The Morgan fingerprint density at radius 1 is 1.19 bits per heavy atom. The van der Waals surface area contributed by atoms with Crippen molar-refractivity contribution in [3.8, 4) is 0 Å². The lowest BCUT2D eigenvalue weighted by Gasteiger charge is -2.33. The summed E-state index contributed by atoms with van der Waals surface area (Å²) >= 11 is 0. The summed E-state index contributed by atoms with van der Waals surface area (Å²) in [5.41, 5.74) is 2.28. The highest BCUT2D eigenvalue weighted by Crippen LogP contribution is 2.33. The Morgan fingerprint density at radius 2 is 1.94 bits per heavy atom. The molecule has 1 aromatic heterocycles. The minimum atomic E-state index is -0.332. The zero-order valence-corrected chi connectivity index (χ0v) is 17.9. The number of likely N-dealkylation sites (tertiary alicyclic amines) is 1. The first-order valence-corrected chi connectivity index (χ1v) is 10.7. The average Bonchev–Trinajstić information content (AvgIpc) is 2.77. The molecule has 1 saturated heterocycles. The van der Waals surface area contributed by atoms with Crippen LogP contribution in [-0.2, 0) is 27.3 Å². The Hall–Kier alpha value is -2.87. The number of hydrogen-bond donors (Lipinski definition) is 0. The van der Waals surface area contributed by atoms with Crippen molar-refractivity contribution in [3.63, 3.8) is 0 Å². The monoisotopic (exact) mass is 426 g/mol. The first-order valence-electron chi connectivity index (χ1n) is 10.7. The molecule has 0 aliphatic carbocycles. The normalized spacial score (nSPS) is 17.1. The number of anilines is 1. The molecular formula is C23H27FN4O3. The molecule has 0 atom stereocenters. The number of halogens is 1. The highest BCUT2D eigenvalue weighted by atomic mass is 19.1. The summed E-state index contributed by atoms with van der Waals surface area (Å²) in [5.74, 6) is 1.01. The summed E-state index contributed by atoms with van der Waals surface area (Å²) in [7, 11) is 1.52. The first kappa shape index (κ1) is 21.4. The van der Waals surface area contributed by atoms with Crippen LogP contribution in [0.3, 0.4) is 0 Å². The number of carbonyl (C=O) groups is 2. The Bertz CT molecular complexity index is 989. The van der Waals surface area contributed by atoms with Gasteiger partial charge in [0.2, 0.25) is 11.8 Å². The zero-order valence-electron chi connectivity index (χ0n) is 17.9. The number of rotatable bonds is 5. The summed E-state index contributed by atoms with van der Waals surface area (Å²) in [4.78, 5) is 37.7. The van der Waals surface area contributed by atoms with Gasteiger partial charge in [-0.15, -0.1) is 0 Å². The predicted octanol–water partition coefficient (Wildman–Crippen LogP) is 2.76. The van der Waals surface area contributed by atoms with Gasteiger partial charge in [0.05, 0.1) is 6.54 Å². The maximum absolute atomic E-state index is 14.2. The molecule has 3 heterocycles.